The molecule has 4 nitrogen and oxygen atoms in total. The Hall–Kier alpha value is -2.32. The van der Waals surface area contributed by atoms with Crippen LogP contribution < -0.4 is 4.90 Å². The standard InChI is InChI=1S/C15H11BrN2O2/c1-18(12-4-2-3-10(7-12)9-17)14-6-5-11(16)8-13(14)15(19)20/h2-8H,1H3,(H,19,20). The van der Waals surface area contributed by atoms with Gasteiger partial charge in [-0.15, -0.1) is 0 Å². The smallest absolute Gasteiger partial charge is 0.337 e. The van der Waals surface area contributed by atoms with Gasteiger partial charge in [0, 0.05) is 17.2 Å². The van der Waals surface area contributed by atoms with Crippen LogP contribution in [0.15, 0.2) is 46.9 Å². The highest BCUT2D eigenvalue weighted by molar-refractivity contribution is 9.10. The number of carboxylic acids is 1. The number of carbonyl (C=O) groups is 1. The van der Waals surface area contributed by atoms with Gasteiger partial charge in [-0.1, -0.05) is 22.0 Å². The first-order valence-electron chi connectivity index (χ1n) is 5.79. The van der Waals surface area contributed by atoms with Gasteiger partial charge in [-0.3, -0.25) is 0 Å². The zero-order valence-electron chi connectivity index (χ0n) is 10.7. The molecule has 100 valence electrons. The van der Waals surface area contributed by atoms with E-state index in [9.17, 15) is 9.90 Å². The number of nitrogens with zero attached hydrogens (tertiary/aromatic N) is 2. The lowest BCUT2D eigenvalue weighted by molar-refractivity contribution is 0.0697. The third-order valence-electron chi connectivity index (χ3n) is 2.91. The number of aromatic carboxylic acids is 1. The van der Waals surface area contributed by atoms with Crippen molar-refractivity contribution in [1.82, 2.24) is 0 Å². The summed E-state index contributed by atoms with van der Waals surface area (Å²) in [4.78, 5) is 13.1. The first-order chi connectivity index (χ1) is 9.52. The third kappa shape index (κ3) is 2.81. The van der Waals surface area contributed by atoms with Crippen molar-refractivity contribution in [3.05, 3.63) is 58.1 Å². The van der Waals surface area contributed by atoms with E-state index in [1.54, 1.807) is 48.3 Å². The van der Waals surface area contributed by atoms with Gasteiger partial charge in [-0.2, -0.15) is 5.26 Å². The molecule has 2 rings (SSSR count). The topological polar surface area (TPSA) is 64.3 Å². The van der Waals surface area contributed by atoms with Crippen molar-refractivity contribution in [3.8, 4) is 6.07 Å². The molecule has 0 atom stereocenters. The quantitative estimate of drug-likeness (QED) is 0.929. The van der Waals surface area contributed by atoms with Crippen LogP contribution >= 0.6 is 15.9 Å². The van der Waals surface area contributed by atoms with Crippen LogP contribution in [0.4, 0.5) is 11.4 Å². The Morgan fingerprint density at radius 2 is 2.05 bits per heavy atom. The number of hydrogen-bond acceptors (Lipinski definition) is 3. The van der Waals surface area contributed by atoms with Crippen LogP contribution in [0, 0.1) is 11.3 Å². The first-order valence-corrected chi connectivity index (χ1v) is 6.59. The maximum atomic E-state index is 11.3. The highest BCUT2D eigenvalue weighted by Crippen LogP contribution is 2.29. The van der Waals surface area contributed by atoms with Crippen LogP contribution in [-0.4, -0.2) is 18.1 Å². The molecule has 2 aromatic rings. The third-order valence-corrected chi connectivity index (χ3v) is 3.41. The highest BCUT2D eigenvalue weighted by atomic mass is 79.9. The van der Waals surface area contributed by atoms with Crippen LogP contribution in [0.5, 0.6) is 0 Å². The predicted molar refractivity (Wildman–Crippen MR) is 80.3 cm³/mol. The van der Waals surface area contributed by atoms with Crippen LogP contribution in [0.1, 0.15) is 15.9 Å². The summed E-state index contributed by atoms with van der Waals surface area (Å²) in [5, 5.41) is 18.2. The summed E-state index contributed by atoms with van der Waals surface area (Å²) in [5.74, 6) is -0.996. The Balaban J connectivity index is 2.50. The van der Waals surface area contributed by atoms with E-state index in [0.29, 0.717) is 15.7 Å². The van der Waals surface area contributed by atoms with Crippen molar-refractivity contribution in [2.75, 3.05) is 11.9 Å². The number of benzene rings is 2. The summed E-state index contributed by atoms with van der Waals surface area (Å²) < 4.78 is 0.706. The van der Waals surface area contributed by atoms with Gasteiger partial charge in [0.2, 0.25) is 0 Å². The Morgan fingerprint density at radius 3 is 2.70 bits per heavy atom. The fourth-order valence-electron chi connectivity index (χ4n) is 1.90. The monoisotopic (exact) mass is 330 g/mol. The summed E-state index contributed by atoms with van der Waals surface area (Å²) in [6.07, 6.45) is 0. The lowest BCUT2D eigenvalue weighted by Crippen LogP contribution is -2.14. The van der Waals surface area contributed by atoms with Crippen molar-refractivity contribution in [3.63, 3.8) is 0 Å². The van der Waals surface area contributed by atoms with Gasteiger partial charge in [-0.25, -0.2) is 4.79 Å². The number of anilines is 2. The zero-order valence-corrected chi connectivity index (χ0v) is 12.3. The Morgan fingerprint density at radius 1 is 1.30 bits per heavy atom. The van der Waals surface area contributed by atoms with Gasteiger partial charge in [0.25, 0.3) is 0 Å². The van der Waals surface area contributed by atoms with Gasteiger partial charge >= 0.3 is 5.97 Å². The predicted octanol–water partition coefficient (Wildman–Crippen LogP) is 3.79. The molecule has 5 heteroatoms. The second-order valence-electron chi connectivity index (χ2n) is 4.19. The fraction of sp³-hybridized carbons (Fsp3) is 0.0667. The summed E-state index contributed by atoms with van der Waals surface area (Å²) >= 11 is 3.27. The van der Waals surface area contributed by atoms with E-state index in [4.69, 9.17) is 5.26 Å². The van der Waals surface area contributed by atoms with E-state index >= 15 is 0 Å². The molecule has 0 fully saturated rings. The normalized spacial score (nSPS) is 9.85. The summed E-state index contributed by atoms with van der Waals surface area (Å²) in [6.45, 7) is 0. The average Bonchev–Trinajstić information content (AvgIpc) is 2.46. The van der Waals surface area contributed by atoms with E-state index < -0.39 is 5.97 Å². The van der Waals surface area contributed by atoms with Gasteiger partial charge in [0.1, 0.15) is 0 Å². The molecule has 0 aliphatic heterocycles. The number of hydrogen-bond donors (Lipinski definition) is 1. The fourth-order valence-corrected chi connectivity index (χ4v) is 2.26. The summed E-state index contributed by atoms with van der Waals surface area (Å²) in [7, 11) is 1.77. The molecule has 1 N–H and O–H groups in total. The molecule has 0 amide bonds. The van der Waals surface area contributed by atoms with Gasteiger partial charge < -0.3 is 10.0 Å². The molecular formula is C15H11BrN2O2. The molecule has 0 aliphatic rings. The number of nitriles is 1. The minimum Gasteiger partial charge on any atom is -0.478 e. The lowest BCUT2D eigenvalue weighted by atomic mass is 10.1. The average molecular weight is 331 g/mol. The lowest BCUT2D eigenvalue weighted by Gasteiger charge is -2.21. The number of rotatable bonds is 3. The SMILES string of the molecule is CN(c1cccc(C#N)c1)c1ccc(Br)cc1C(=O)O. The largest absolute Gasteiger partial charge is 0.478 e. The van der Waals surface area contributed by atoms with Crippen molar-refractivity contribution >= 4 is 33.3 Å². The van der Waals surface area contributed by atoms with Crippen molar-refractivity contribution in [2.24, 2.45) is 0 Å². The van der Waals surface area contributed by atoms with Gasteiger partial charge in [0.05, 0.1) is 22.9 Å². The second-order valence-corrected chi connectivity index (χ2v) is 5.10. The highest BCUT2D eigenvalue weighted by Gasteiger charge is 2.15. The first kappa shape index (κ1) is 14.1. The van der Waals surface area contributed by atoms with Gasteiger partial charge in [-0.05, 0) is 36.4 Å². The molecule has 0 saturated heterocycles. The van der Waals surface area contributed by atoms with Crippen molar-refractivity contribution < 1.29 is 9.90 Å². The minimum absolute atomic E-state index is 0.198. The Labute approximate surface area is 125 Å². The van der Waals surface area contributed by atoms with E-state index in [2.05, 4.69) is 22.0 Å². The molecule has 0 heterocycles. The Bertz CT molecular complexity index is 707. The number of halogens is 1. The maximum absolute atomic E-state index is 11.3. The van der Waals surface area contributed by atoms with E-state index in [1.807, 2.05) is 6.07 Å². The molecule has 0 unspecified atom stereocenters. The van der Waals surface area contributed by atoms with E-state index in [-0.39, 0.29) is 5.56 Å². The summed E-state index contributed by atoms with van der Waals surface area (Å²) in [5.41, 5.74) is 2.05. The Kier molecular flexibility index (Phi) is 4.06. The summed E-state index contributed by atoms with van der Waals surface area (Å²) in [6, 6.07) is 14.2. The van der Waals surface area contributed by atoms with Crippen LogP contribution in [-0.2, 0) is 0 Å². The number of carboxylic acid groups (broad SMARTS) is 1. The van der Waals surface area contributed by atoms with Crippen molar-refractivity contribution in [1.29, 1.82) is 5.26 Å². The molecule has 0 radical (unpaired) electrons. The molecule has 0 aromatic heterocycles. The van der Waals surface area contributed by atoms with Crippen LogP contribution in [0.3, 0.4) is 0 Å². The maximum Gasteiger partial charge on any atom is 0.337 e. The van der Waals surface area contributed by atoms with Crippen LogP contribution in [0.25, 0.3) is 0 Å². The molecular weight excluding hydrogens is 320 g/mol. The molecule has 0 spiro atoms. The van der Waals surface area contributed by atoms with E-state index in [1.165, 1.54) is 0 Å². The zero-order chi connectivity index (χ0) is 14.7. The second kappa shape index (κ2) is 5.76. The molecule has 0 saturated carbocycles. The van der Waals surface area contributed by atoms with E-state index in [0.717, 1.165) is 5.69 Å². The van der Waals surface area contributed by atoms with Gasteiger partial charge in [0.15, 0.2) is 0 Å². The molecule has 2 aromatic carbocycles. The molecule has 0 aliphatic carbocycles. The molecule has 20 heavy (non-hydrogen) atoms. The molecule has 0 bridgehead atoms. The van der Waals surface area contributed by atoms with Crippen LogP contribution in [0.2, 0.25) is 0 Å². The van der Waals surface area contributed by atoms with Crippen molar-refractivity contribution in [2.45, 2.75) is 0 Å². The minimum atomic E-state index is -0.996.